The van der Waals surface area contributed by atoms with Gasteiger partial charge >= 0.3 is 5.97 Å². The molecule has 0 aliphatic heterocycles. The van der Waals surface area contributed by atoms with Gasteiger partial charge in [-0.1, -0.05) is 17.7 Å². The number of hydrogen-bond acceptors (Lipinski definition) is 7. The van der Waals surface area contributed by atoms with Crippen LogP contribution in [0, 0.1) is 6.92 Å². The van der Waals surface area contributed by atoms with Crippen molar-refractivity contribution in [3.8, 4) is 11.5 Å². The van der Waals surface area contributed by atoms with Gasteiger partial charge < -0.3 is 9.47 Å². The first-order valence-corrected chi connectivity index (χ1v) is 12.0. The van der Waals surface area contributed by atoms with Crippen LogP contribution in [0.5, 0.6) is 11.5 Å². The summed E-state index contributed by atoms with van der Waals surface area (Å²) >= 11 is 0. The Balaban J connectivity index is 1.77. The smallest absolute Gasteiger partial charge is 0.308 e. The Morgan fingerprint density at radius 1 is 0.943 bits per heavy atom. The summed E-state index contributed by atoms with van der Waals surface area (Å²) in [4.78, 5) is 23.6. The number of sulfonamides is 1. The number of amides is 1. The Kier molecular flexibility index (Phi) is 8.21. The van der Waals surface area contributed by atoms with Crippen molar-refractivity contribution in [2.75, 3.05) is 18.0 Å². The highest BCUT2D eigenvalue weighted by molar-refractivity contribution is 7.92. The molecule has 3 aromatic carbocycles. The summed E-state index contributed by atoms with van der Waals surface area (Å²) in [6.07, 6.45) is 1.39. The fourth-order valence-corrected chi connectivity index (χ4v) is 4.45. The van der Waals surface area contributed by atoms with Crippen molar-refractivity contribution in [1.29, 1.82) is 0 Å². The maximum Gasteiger partial charge on any atom is 0.308 e. The van der Waals surface area contributed by atoms with Gasteiger partial charge in [0.25, 0.3) is 15.9 Å². The van der Waals surface area contributed by atoms with Crippen molar-refractivity contribution in [1.82, 2.24) is 5.43 Å². The lowest BCUT2D eigenvalue weighted by molar-refractivity contribution is -0.131. The Bertz CT molecular complexity index is 1300. The van der Waals surface area contributed by atoms with Gasteiger partial charge in [0.2, 0.25) is 0 Å². The average Bonchev–Trinajstić information content (AvgIpc) is 2.84. The lowest BCUT2D eigenvalue weighted by Crippen LogP contribution is -2.39. The Morgan fingerprint density at radius 2 is 1.54 bits per heavy atom. The summed E-state index contributed by atoms with van der Waals surface area (Å²) in [5, 5.41) is 3.90. The van der Waals surface area contributed by atoms with Gasteiger partial charge in [-0.05, 0) is 73.2 Å². The molecule has 0 bridgehead atoms. The van der Waals surface area contributed by atoms with Crippen LogP contribution in [0.2, 0.25) is 0 Å². The van der Waals surface area contributed by atoms with Crippen molar-refractivity contribution in [3.63, 3.8) is 0 Å². The number of anilines is 1. The van der Waals surface area contributed by atoms with E-state index >= 15 is 0 Å². The predicted molar refractivity (Wildman–Crippen MR) is 132 cm³/mol. The zero-order chi connectivity index (χ0) is 25.4. The third-order valence-corrected chi connectivity index (χ3v) is 6.59. The highest BCUT2D eigenvalue weighted by atomic mass is 32.2. The van der Waals surface area contributed by atoms with E-state index in [0.29, 0.717) is 22.7 Å². The van der Waals surface area contributed by atoms with E-state index in [4.69, 9.17) is 9.47 Å². The molecular weight excluding hydrogens is 470 g/mol. The first kappa shape index (κ1) is 25.4. The minimum atomic E-state index is -4.06. The van der Waals surface area contributed by atoms with Gasteiger partial charge in [-0.15, -0.1) is 0 Å². The van der Waals surface area contributed by atoms with Crippen LogP contribution >= 0.6 is 0 Å². The maximum absolute atomic E-state index is 13.4. The number of methoxy groups -OCH3 is 1. The summed E-state index contributed by atoms with van der Waals surface area (Å²) in [6.45, 7) is 2.70. The van der Waals surface area contributed by atoms with Crippen LogP contribution in [-0.2, 0) is 19.6 Å². The molecule has 0 saturated heterocycles. The summed E-state index contributed by atoms with van der Waals surface area (Å²) in [5.41, 5.74) is 4.28. The van der Waals surface area contributed by atoms with E-state index in [-0.39, 0.29) is 4.90 Å². The zero-order valence-corrected chi connectivity index (χ0v) is 20.3. The van der Waals surface area contributed by atoms with Gasteiger partial charge in [0, 0.05) is 6.92 Å². The van der Waals surface area contributed by atoms with E-state index in [1.165, 1.54) is 44.5 Å². The number of benzene rings is 3. The molecule has 3 aromatic rings. The highest BCUT2D eigenvalue weighted by Crippen LogP contribution is 2.25. The summed E-state index contributed by atoms with van der Waals surface area (Å²) < 4.78 is 37.9. The molecule has 0 aliphatic rings. The van der Waals surface area contributed by atoms with Gasteiger partial charge in [0.15, 0.2) is 0 Å². The Hall–Kier alpha value is -4.18. The topological polar surface area (TPSA) is 114 Å². The van der Waals surface area contributed by atoms with Gasteiger partial charge in [-0.3, -0.25) is 13.9 Å². The predicted octanol–water partition coefficient (Wildman–Crippen LogP) is 3.27. The summed E-state index contributed by atoms with van der Waals surface area (Å²) in [7, 11) is -2.57. The van der Waals surface area contributed by atoms with Crippen molar-refractivity contribution in [2.24, 2.45) is 5.10 Å². The molecule has 1 N–H and O–H groups in total. The van der Waals surface area contributed by atoms with E-state index < -0.39 is 28.4 Å². The van der Waals surface area contributed by atoms with Crippen molar-refractivity contribution in [2.45, 2.75) is 18.7 Å². The monoisotopic (exact) mass is 495 g/mol. The number of esters is 1. The molecule has 3 rings (SSSR count). The van der Waals surface area contributed by atoms with Crippen LogP contribution < -0.4 is 19.2 Å². The number of carbonyl (C=O) groups excluding carboxylic acids is 2. The SMILES string of the molecule is COc1ccc(S(=O)(=O)N(CC(=O)N/N=C/c2ccc(OC(C)=O)cc2)c2ccc(C)cc2)cc1. The van der Waals surface area contributed by atoms with Crippen molar-refractivity contribution in [3.05, 3.63) is 83.9 Å². The number of nitrogens with zero attached hydrogens (tertiary/aromatic N) is 2. The van der Waals surface area contributed by atoms with E-state index in [2.05, 4.69) is 10.5 Å². The minimum absolute atomic E-state index is 0.0167. The first-order chi connectivity index (χ1) is 16.7. The molecule has 10 heteroatoms. The molecule has 9 nitrogen and oxygen atoms in total. The molecule has 182 valence electrons. The Morgan fingerprint density at radius 3 is 2.11 bits per heavy atom. The average molecular weight is 496 g/mol. The second-order valence-corrected chi connectivity index (χ2v) is 9.34. The third-order valence-electron chi connectivity index (χ3n) is 4.80. The first-order valence-electron chi connectivity index (χ1n) is 10.5. The quantitative estimate of drug-likeness (QED) is 0.211. The van der Waals surface area contributed by atoms with Crippen molar-refractivity contribution >= 4 is 33.8 Å². The summed E-state index contributed by atoms with van der Waals surface area (Å²) in [5.74, 6) is -0.160. The molecule has 0 atom stereocenters. The molecule has 0 fully saturated rings. The lowest BCUT2D eigenvalue weighted by Gasteiger charge is -2.24. The molecule has 0 saturated carbocycles. The van der Waals surface area contributed by atoms with Gasteiger partial charge in [-0.2, -0.15) is 5.10 Å². The van der Waals surface area contributed by atoms with E-state index in [9.17, 15) is 18.0 Å². The molecule has 35 heavy (non-hydrogen) atoms. The van der Waals surface area contributed by atoms with Crippen LogP contribution in [0.3, 0.4) is 0 Å². The number of hydrazone groups is 1. The molecular formula is C25H25N3O6S. The van der Waals surface area contributed by atoms with Gasteiger partial charge in [0.1, 0.15) is 18.0 Å². The standard InChI is InChI=1S/C25H25N3O6S/c1-18-4-8-21(9-5-18)28(35(31,32)24-14-12-22(33-3)13-15-24)17-25(30)27-26-16-20-6-10-23(11-7-20)34-19(2)29/h4-16H,17H2,1-3H3,(H,27,30)/b26-16+. The molecule has 0 heterocycles. The zero-order valence-electron chi connectivity index (χ0n) is 19.5. The normalized spacial score (nSPS) is 11.2. The van der Waals surface area contributed by atoms with E-state index in [1.807, 2.05) is 6.92 Å². The fraction of sp³-hybridized carbons (Fsp3) is 0.160. The van der Waals surface area contributed by atoms with Gasteiger partial charge in [-0.25, -0.2) is 13.8 Å². The minimum Gasteiger partial charge on any atom is -0.497 e. The van der Waals surface area contributed by atoms with Crippen molar-refractivity contribution < 1.29 is 27.5 Å². The number of hydrogen-bond donors (Lipinski definition) is 1. The Labute approximate surface area is 204 Å². The fourth-order valence-electron chi connectivity index (χ4n) is 3.03. The highest BCUT2D eigenvalue weighted by Gasteiger charge is 2.27. The second kappa shape index (κ2) is 11.3. The largest absolute Gasteiger partial charge is 0.497 e. The maximum atomic E-state index is 13.4. The van der Waals surface area contributed by atoms with Gasteiger partial charge in [0.05, 0.1) is 23.9 Å². The molecule has 0 radical (unpaired) electrons. The third kappa shape index (κ3) is 6.90. The number of rotatable bonds is 9. The number of aryl methyl sites for hydroxylation is 1. The molecule has 0 spiro atoms. The van der Waals surface area contributed by atoms with Crippen LogP contribution in [-0.4, -0.2) is 40.2 Å². The number of ether oxygens (including phenoxy) is 2. The molecule has 0 aliphatic carbocycles. The lowest BCUT2D eigenvalue weighted by atomic mass is 10.2. The van der Waals surface area contributed by atoms with Crippen LogP contribution in [0.15, 0.2) is 82.8 Å². The molecule has 0 unspecified atom stereocenters. The van der Waals surface area contributed by atoms with E-state index in [0.717, 1.165) is 9.87 Å². The van der Waals surface area contributed by atoms with E-state index in [1.54, 1.807) is 48.5 Å². The number of nitrogens with one attached hydrogen (secondary N) is 1. The number of carbonyl (C=O) groups is 2. The molecule has 1 amide bonds. The second-order valence-electron chi connectivity index (χ2n) is 7.48. The van der Waals surface area contributed by atoms with Crippen LogP contribution in [0.4, 0.5) is 5.69 Å². The van der Waals surface area contributed by atoms with Crippen LogP contribution in [0.25, 0.3) is 0 Å². The molecule has 0 aromatic heterocycles. The summed E-state index contributed by atoms with van der Waals surface area (Å²) in [6, 6.07) is 19.2. The van der Waals surface area contributed by atoms with Crippen LogP contribution in [0.1, 0.15) is 18.1 Å².